The zero-order chi connectivity index (χ0) is 17.3. The summed E-state index contributed by atoms with van der Waals surface area (Å²) < 4.78 is 2.10. The molecule has 1 amide bonds. The van der Waals surface area contributed by atoms with E-state index in [1.165, 1.54) is 12.1 Å². The quantitative estimate of drug-likeness (QED) is 0.796. The molecule has 5 heteroatoms. The molecule has 0 radical (unpaired) electrons. The van der Waals surface area contributed by atoms with Crippen molar-refractivity contribution in [3.63, 3.8) is 0 Å². The van der Waals surface area contributed by atoms with Crippen LogP contribution in [-0.4, -0.2) is 16.4 Å². The Kier molecular flexibility index (Phi) is 4.08. The molecule has 24 heavy (non-hydrogen) atoms. The first-order chi connectivity index (χ1) is 11.5. The number of rotatable bonds is 4. The first-order valence-electron chi connectivity index (χ1n) is 7.61. The largest absolute Gasteiger partial charge is 0.545 e. The fraction of sp³-hybridized carbons (Fsp3) is 0.158. The van der Waals surface area contributed by atoms with Gasteiger partial charge >= 0.3 is 0 Å². The number of carbonyl (C=O) groups is 2. The molecule has 3 rings (SSSR count). The van der Waals surface area contributed by atoms with Gasteiger partial charge in [0.05, 0.1) is 5.97 Å². The number of benzene rings is 2. The Labute approximate surface area is 139 Å². The van der Waals surface area contributed by atoms with Crippen molar-refractivity contribution >= 4 is 22.8 Å². The molecule has 122 valence electrons. The van der Waals surface area contributed by atoms with Crippen LogP contribution in [0.15, 0.2) is 48.5 Å². The number of carboxylic acids is 1. The van der Waals surface area contributed by atoms with Gasteiger partial charge in [-0.15, -0.1) is 0 Å². The predicted molar refractivity (Wildman–Crippen MR) is 89.6 cm³/mol. The van der Waals surface area contributed by atoms with Crippen LogP contribution >= 0.6 is 0 Å². The summed E-state index contributed by atoms with van der Waals surface area (Å²) in [6.07, 6.45) is 0. The van der Waals surface area contributed by atoms with Crippen molar-refractivity contribution in [1.82, 2.24) is 9.88 Å². The van der Waals surface area contributed by atoms with Gasteiger partial charge in [0.15, 0.2) is 0 Å². The van der Waals surface area contributed by atoms with Gasteiger partial charge in [0, 0.05) is 41.3 Å². The van der Waals surface area contributed by atoms with Crippen LogP contribution in [0.2, 0.25) is 0 Å². The van der Waals surface area contributed by atoms with Crippen LogP contribution in [0.25, 0.3) is 10.9 Å². The van der Waals surface area contributed by atoms with Gasteiger partial charge in [0.2, 0.25) is 0 Å². The number of aromatic carboxylic acids is 1. The zero-order valence-electron chi connectivity index (χ0n) is 13.5. The Hall–Kier alpha value is -3.08. The molecule has 3 aromatic rings. The summed E-state index contributed by atoms with van der Waals surface area (Å²) in [6, 6.07) is 14.1. The average molecular weight is 321 g/mol. The van der Waals surface area contributed by atoms with Crippen molar-refractivity contribution in [2.75, 3.05) is 0 Å². The summed E-state index contributed by atoms with van der Waals surface area (Å²) in [5.74, 6) is -1.79. The maximum Gasteiger partial charge on any atom is 0.252 e. The van der Waals surface area contributed by atoms with Crippen LogP contribution in [0.4, 0.5) is 0 Å². The molecule has 0 fully saturated rings. The highest BCUT2D eigenvalue weighted by atomic mass is 16.4. The van der Waals surface area contributed by atoms with E-state index in [9.17, 15) is 14.7 Å². The molecule has 0 spiro atoms. The van der Waals surface area contributed by atoms with Gasteiger partial charge in [-0.25, -0.2) is 0 Å². The lowest BCUT2D eigenvalue weighted by Gasteiger charge is -2.11. The SMILES string of the molecule is Cc1cc2cc(CNC(=O)c3ccccc3C(=O)[O-])ccc2n1C. The number of hydrogen-bond donors (Lipinski definition) is 1. The van der Waals surface area contributed by atoms with Gasteiger partial charge in [-0.05, 0) is 36.8 Å². The first kappa shape index (κ1) is 15.8. The maximum atomic E-state index is 12.3. The van der Waals surface area contributed by atoms with Gasteiger partial charge in [-0.1, -0.05) is 24.3 Å². The van der Waals surface area contributed by atoms with Crippen molar-refractivity contribution in [2.45, 2.75) is 13.5 Å². The molecule has 1 aromatic heterocycles. The lowest BCUT2D eigenvalue weighted by atomic mass is 10.1. The predicted octanol–water partition coefficient (Wildman–Crippen LogP) is 1.78. The summed E-state index contributed by atoms with van der Waals surface area (Å²) in [6.45, 7) is 2.36. The molecule has 0 atom stereocenters. The topological polar surface area (TPSA) is 74.2 Å². The number of nitrogens with zero attached hydrogens (tertiary/aromatic N) is 1. The second kappa shape index (κ2) is 6.20. The Balaban J connectivity index is 1.78. The number of carbonyl (C=O) groups excluding carboxylic acids is 2. The van der Waals surface area contributed by atoms with Crippen LogP contribution in [0, 0.1) is 6.92 Å². The molecule has 0 aliphatic rings. The van der Waals surface area contributed by atoms with E-state index in [-0.39, 0.29) is 11.1 Å². The lowest BCUT2D eigenvalue weighted by molar-refractivity contribution is -0.255. The van der Waals surface area contributed by atoms with Gasteiger partial charge in [-0.3, -0.25) is 4.79 Å². The molecule has 0 saturated carbocycles. The normalized spacial score (nSPS) is 10.8. The van der Waals surface area contributed by atoms with Crippen LogP contribution in [-0.2, 0) is 13.6 Å². The van der Waals surface area contributed by atoms with Crippen molar-refractivity contribution in [1.29, 1.82) is 0 Å². The Morgan fingerprint density at radius 1 is 1.08 bits per heavy atom. The Morgan fingerprint density at radius 3 is 2.50 bits per heavy atom. The number of amides is 1. The number of carboxylic acid groups (broad SMARTS) is 1. The van der Waals surface area contributed by atoms with E-state index in [1.54, 1.807) is 12.1 Å². The summed E-state index contributed by atoms with van der Waals surface area (Å²) in [5.41, 5.74) is 3.24. The van der Waals surface area contributed by atoms with Crippen LogP contribution < -0.4 is 10.4 Å². The van der Waals surface area contributed by atoms with E-state index in [2.05, 4.69) is 16.0 Å². The number of nitrogens with one attached hydrogen (secondary N) is 1. The Morgan fingerprint density at radius 2 is 1.79 bits per heavy atom. The second-order valence-electron chi connectivity index (χ2n) is 5.75. The Bertz CT molecular complexity index is 941. The van der Waals surface area contributed by atoms with E-state index in [4.69, 9.17) is 0 Å². The minimum atomic E-state index is -1.36. The zero-order valence-corrected chi connectivity index (χ0v) is 13.5. The molecule has 1 N–H and O–H groups in total. The summed E-state index contributed by atoms with van der Waals surface area (Å²) in [4.78, 5) is 23.3. The van der Waals surface area contributed by atoms with Crippen LogP contribution in [0.3, 0.4) is 0 Å². The molecule has 1 heterocycles. The van der Waals surface area contributed by atoms with Gasteiger partial charge < -0.3 is 19.8 Å². The molecule has 5 nitrogen and oxygen atoms in total. The number of hydrogen-bond acceptors (Lipinski definition) is 3. The van der Waals surface area contributed by atoms with E-state index in [1.807, 2.05) is 32.2 Å². The van der Waals surface area contributed by atoms with E-state index < -0.39 is 11.9 Å². The average Bonchev–Trinajstić information content (AvgIpc) is 2.86. The lowest BCUT2D eigenvalue weighted by Crippen LogP contribution is -2.29. The number of aromatic nitrogens is 1. The van der Waals surface area contributed by atoms with Gasteiger partial charge in [-0.2, -0.15) is 0 Å². The van der Waals surface area contributed by atoms with Gasteiger partial charge in [0.1, 0.15) is 0 Å². The molecule has 0 saturated heterocycles. The molecule has 0 aliphatic carbocycles. The summed E-state index contributed by atoms with van der Waals surface area (Å²) in [5, 5.41) is 15.0. The number of aryl methyl sites for hydroxylation is 2. The van der Waals surface area contributed by atoms with Gasteiger partial charge in [0.25, 0.3) is 5.91 Å². The van der Waals surface area contributed by atoms with E-state index in [0.29, 0.717) is 6.54 Å². The third-order valence-corrected chi connectivity index (χ3v) is 4.19. The third-order valence-electron chi connectivity index (χ3n) is 4.19. The number of fused-ring (bicyclic) bond motifs is 1. The molecule has 0 aliphatic heterocycles. The van der Waals surface area contributed by atoms with E-state index >= 15 is 0 Å². The summed E-state index contributed by atoms with van der Waals surface area (Å²) in [7, 11) is 2.01. The first-order valence-corrected chi connectivity index (χ1v) is 7.61. The van der Waals surface area contributed by atoms with Crippen molar-refractivity contribution < 1.29 is 14.7 Å². The monoisotopic (exact) mass is 321 g/mol. The van der Waals surface area contributed by atoms with Crippen molar-refractivity contribution in [2.24, 2.45) is 7.05 Å². The molecule has 0 bridgehead atoms. The standard InChI is InChI=1S/C19H18N2O3/c1-12-9-14-10-13(7-8-17(14)21(12)2)11-20-18(22)15-5-3-4-6-16(15)19(23)24/h3-10H,11H2,1-2H3,(H,20,22)(H,23,24)/p-1. The highest BCUT2D eigenvalue weighted by Crippen LogP contribution is 2.20. The maximum absolute atomic E-state index is 12.3. The van der Waals surface area contributed by atoms with Crippen molar-refractivity contribution in [3.05, 3.63) is 70.9 Å². The summed E-state index contributed by atoms with van der Waals surface area (Å²) >= 11 is 0. The molecule has 0 unspecified atom stereocenters. The highest BCUT2D eigenvalue weighted by Gasteiger charge is 2.11. The van der Waals surface area contributed by atoms with E-state index in [0.717, 1.165) is 22.2 Å². The molecule has 2 aromatic carbocycles. The fourth-order valence-electron chi connectivity index (χ4n) is 2.78. The van der Waals surface area contributed by atoms with Crippen LogP contribution in [0.1, 0.15) is 32.0 Å². The molecular weight excluding hydrogens is 304 g/mol. The fourth-order valence-corrected chi connectivity index (χ4v) is 2.78. The third kappa shape index (κ3) is 2.88. The van der Waals surface area contributed by atoms with Crippen molar-refractivity contribution in [3.8, 4) is 0 Å². The molecular formula is C19H17N2O3-. The second-order valence-corrected chi connectivity index (χ2v) is 5.75. The smallest absolute Gasteiger partial charge is 0.252 e. The van der Waals surface area contributed by atoms with Crippen LogP contribution in [0.5, 0.6) is 0 Å². The highest BCUT2D eigenvalue weighted by molar-refractivity contribution is 6.04. The minimum Gasteiger partial charge on any atom is -0.545 e. The minimum absolute atomic E-state index is 0.106.